The molecule has 1 atom stereocenters. The van der Waals surface area contributed by atoms with E-state index in [-0.39, 0.29) is 6.04 Å². The molecular weight excluding hydrogens is 210 g/mol. The van der Waals surface area contributed by atoms with Gasteiger partial charge in [0.05, 0.1) is 0 Å². The highest BCUT2D eigenvalue weighted by molar-refractivity contribution is 5.80. The second-order valence-electron chi connectivity index (χ2n) is 5.00. The summed E-state index contributed by atoms with van der Waals surface area (Å²) in [4.78, 5) is 23.9. The zero-order valence-electron chi connectivity index (χ0n) is 10.8. The molecule has 0 aromatic rings. The number of hydrogen-bond acceptors (Lipinski definition) is 3. The number of aliphatic carboxylic acids is 1. The third-order valence-electron chi connectivity index (χ3n) is 1.94. The first-order valence-corrected chi connectivity index (χ1v) is 5.30. The monoisotopic (exact) mass is 231 g/mol. The maximum absolute atomic E-state index is 11.8. The predicted molar refractivity (Wildman–Crippen MR) is 60.3 cm³/mol. The predicted octanol–water partition coefficient (Wildman–Crippen LogP) is 2.10. The van der Waals surface area contributed by atoms with Gasteiger partial charge in [-0.3, -0.25) is 4.90 Å². The topological polar surface area (TPSA) is 66.8 Å². The Labute approximate surface area is 96.4 Å². The number of rotatable bonds is 3. The van der Waals surface area contributed by atoms with Crippen LogP contribution < -0.4 is 0 Å². The fourth-order valence-corrected chi connectivity index (χ4v) is 1.25. The zero-order chi connectivity index (χ0) is 13.1. The van der Waals surface area contributed by atoms with E-state index in [9.17, 15) is 9.59 Å². The van der Waals surface area contributed by atoms with Crippen LogP contribution in [0.4, 0.5) is 4.79 Å². The molecule has 0 radical (unpaired) electrons. The number of carbonyl (C=O) groups excluding carboxylic acids is 1. The molecule has 0 aromatic carbocycles. The average molecular weight is 231 g/mol. The van der Waals surface area contributed by atoms with E-state index in [1.165, 1.54) is 11.8 Å². The van der Waals surface area contributed by atoms with Crippen LogP contribution in [0.1, 0.15) is 41.5 Å². The molecule has 0 aromatic heterocycles. The van der Waals surface area contributed by atoms with E-state index >= 15 is 0 Å². The molecule has 0 saturated carbocycles. The lowest BCUT2D eigenvalue weighted by atomic mass is 10.2. The summed E-state index contributed by atoms with van der Waals surface area (Å²) in [6, 6.07) is -1.12. The molecule has 0 heterocycles. The highest BCUT2D eigenvalue weighted by atomic mass is 16.6. The van der Waals surface area contributed by atoms with Gasteiger partial charge in [-0.25, -0.2) is 9.59 Å². The highest BCUT2D eigenvalue weighted by Gasteiger charge is 2.31. The van der Waals surface area contributed by atoms with Crippen LogP contribution in [-0.4, -0.2) is 39.8 Å². The van der Waals surface area contributed by atoms with Gasteiger partial charge in [0.15, 0.2) is 0 Å². The van der Waals surface area contributed by atoms with Gasteiger partial charge in [-0.15, -0.1) is 0 Å². The third-order valence-corrected chi connectivity index (χ3v) is 1.94. The summed E-state index contributed by atoms with van der Waals surface area (Å²) in [5.74, 6) is -1.04. The number of carbonyl (C=O) groups is 2. The Morgan fingerprint density at radius 1 is 1.19 bits per heavy atom. The number of hydrogen-bond donors (Lipinski definition) is 1. The van der Waals surface area contributed by atoms with E-state index in [1.807, 2.05) is 0 Å². The van der Waals surface area contributed by atoms with Crippen LogP contribution in [0.2, 0.25) is 0 Å². The minimum atomic E-state index is -1.04. The molecule has 1 amide bonds. The lowest BCUT2D eigenvalue weighted by Gasteiger charge is -2.32. The molecule has 5 nitrogen and oxygen atoms in total. The molecule has 0 aliphatic carbocycles. The smallest absolute Gasteiger partial charge is 0.411 e. The lowest BCUT2D eigenvalue weighted by molar-refractivity contribution is -0.143. The van der Waals surface area contributed by atoms with E-state index in [1.54, 1.807) is 34.6 Å². The first-order valence-electron chi connectivity index (χ1n) is 5.30. The molecule has 1 unspecified atom stereocenters. The summed E-state index contributed by atoms with van der Waals surface area (Å²) in [5.41, 5.74) is -0.623. The van der Waals surface area contributed by atoms with E-state index in [2.05, 4.69) is 0 Å². The molecule has 0 spiro atoms. The third kappa shape index (κ3) is 4.51. The van der Waals surface area contributed by atoms with E-state index < -0.39 is 23.7 Å². The fraction of sp³-hybridized carbons (Fsp3) is 0.818. The molecule has 1 N–H and O–H groups in total. The highest BCUT2D eigenvalue weighted by Crippen LogP contribution is 2.14. The van der Waals surface area contributed by atoms with Crippen molar-refractivity contribution >= 4 is 12.1 Å². The van der Waals surface area contributed by atoms with Gasteiger partial charge in [0, 0.05) is 6.04 Å². The van der Waals surface area contributed by atoms with Gasteiger partial charge in [0.25, 0.3) is 0 Å². The number of ether oxygens (including phenoxy) is 1. The van der Waals surface area contributed by atoms with Crippen LogP contribution in [0.25, 0.3) is 0 Å². The van der Waals surface area contributed by atoms with Crippen LogP contribution in [0, 0.1) is 0 Å². The maximum atomic E-state index is 11.8. The Hall–Kier alpha value is -1.26. The van der Waals surface area contributed by atoms with Crippen molar-refractivity contribution in [3.8, 4) is 0 Å². The second-order valence-corrected chi connectivity index (χ2v) is 5.00. The Bertz CT molecular complexity index is 268. The van der Waals surface area contributed by atoms with Crippen LogP contribution in [0.15, 0.2) is 0 Å². The Balaban J connectivity index is 4.80. The van der Waals surface area contributed by atoms with Crippen LogP contribution in [-0.2, 0) is 9.53 Å². The summed E-state index contributed by atoms with van der Waals surface area (Å²) < 4.78 is 5.16. The number of carboxylic acid groups (broad SMARTS) is 1. The van der Waals surface area contributed by atoms with E-state index in [4.69, 9.17) is 9.84 Å². The molecule has 0 bridgehead atoms. The van der Waals surface area contributed by atoms with Crippen LogP contribution >= 0.6 is 0 Å². The van der Waals surface area contributed by atoms with Crippen molar-refractivity contribution in [2.45, 2.75) is 59.2 Å². The van der Waals surface area contributed by atoms with Gasteiger partial charge in [0.1, 0.15) is 11.6 Å². The lowest BCUT2D eigenvalue weighted by Crippen LogP contribution is -2.49. The van der Waals surface area contributed by atoms with Crippen molar-refractivity contribution in [2.75, 3.05) is 0 Å². The molecule has 5 heteroatoms. The maximum Gasteiger partial charge on any atom is 0.411 e. The van der Waals surface area contributed by atoms with Gasteiger partial charge in [0.2, 0.25) is 0 Å². The van der Waals surface area contributed by atoms with E-state index in [0.717, 1.165) is 0 Å². The molecule has 0 fully saturated rings. The van der Waals surface area contributed by atoms with Crippen molar-refractivity contribution in [1.29, 1.82) is 0 Å². The number of amides is 1. The summed E-state index contributed by atoms with van der Waals surface area (Å²) in [6.07, 6.45) is -0.600. The summed E-state index contributed by atoms with van der Waals surface area (Å²) in [6.45, 7) is 10.2. The zero-order valence-corrected chi connectivity index (χ0v) is 10.8. The Morgan fingerprint density at radius 3 is 1.88 bits per heavy atom. The Kier molecular flexibility index (Phi) is 4.78. The van der Waals surface area contributed by atoms with Crippen molar-refractivity contribution < 1.29 is 19.4 Å². The van der Waals surface area contributed by atoms with Gasteiger partial charge < -0.3 is 9.84 Å². The van der Waals surface area contributed by atoms with Crippen molar-refractivity contribution in [3.05, 3.63) is 0 Å². The summed E-state index contributed by atoms with van der Waals surface area (Å²) >= 11 is 0. The van der Waals surface area contributed by atoms with Crippen molar-refractivity contribution in [2.24, 2.45) is 0 Å². The molecule has 16 heavy (non-hydrogen) atoms. The second kappa shape index (κ2) is 5.18. The molecule has 0 aliphatic heterocycles. The fourth-order valence-electron chi connectivity index (χ4n) is 1.25. The standard InChI is InChI=1S/C11H21NO4/c1-7(2)12(8(3)9(13)14)10(15)16-11(4,5)6/h7-8H,1-6H3,(H,13,14). The van der Waals surface area contributed by atoms with Gasteiger partial charge in [-0.1, -0.05) is 0 Å². The Morgan fingerprint density at radius 2 is 1.62 bits per heavy atom. The molecule has 0 rings (SSSR count). The quantitative estimate of drug-likeness (QED) is 0.807. The SMILES string of the molecule is CC(C)N(C(=O)OC(C)(C)C)C(C)C(=O)O. The van der Waals surface area contributed by atoms with Crippen LogP contribution in [0.3, 0.4) is 0 Å². The molecule has 94 valence electrons. The number of nitrogens with zero attached hydrogens (tertiary/aromatic N) is 1. The minimum Gasteiger partial charge on any atom is -0.480 e. The first-order chi connectivity index (χ1) is 7.06. The van der Waals surface area contributed by atoms with Gasteiger partial charge in [-0.05, 0) is 41.5 Å². The molecular formula is C11H21NO4. The van der Waals surface area contributed by atoms with Crippen LogP contribution in [0.5, 0.6) is 0 Å². The van der Waals surface area contributed by atoms with E-state index in [0.29, 0.717) is 0 Å². The van der Waals surface area contributed by atoms with Crippen molar-refractivity contribution in [1.82, 2.24) is 4.90 Å². The number of carboxylic acids is 1. The largest absolute Gasteiger partial charge is 0.480 e. The van der Waals surface area contributed by atoms with Crippen molar-refractivity contribution in [3.63, 3.8) is 0 Å². The van der Waals surface area contributed by atoms with Gasteiger partial charge >= 0.3 is 12.1 Å². The first kappa shape index (κ1) is 14.7. The normalized spacial score (nSPS) is 13.4. The summed E-state index contributed by atoms with van der Waals surface area (Å²) in [5, 5.41) is 8.90. The molecule has 0 aliphatic rings. The molecule has 0 saturated heterocycles. The van der Waals surface area contributed by atoms with Gasteiger partial charge in [-0.2, -0.15) is 0 Å². The average Bonchev–Trinajstić information content (AvgIpc) is 1.99. The summed E-state index contributed by atoms with van der Waals surface area (Å²) in [7, 11) is 0. The minimum absolute atomic E-state index is 0.221.